The third kappa shape index (κ3) is 3.52. The van der Waals surface area contributed by atoms with Crippen molar-refractivity contribution in [3.05, 3.63) is 32.8 Å². The van der Waals surface area contributed by atoms with E-state index >= 15 is 0 Å². The number of aromatic nitrogens is 2. The molecule has 5 rings (SSSR count). The fourth-order valence-electron chi connectivity index (χ4n) is 4.41. The van der Waals surface area contributed by atoms with Crippen LogP contribution < -0.4 is 11.1 Å². The van der Waals surface area contributed by atoms with E-state index in [1.807, 2.05) is 0 Å². The van der Waals surface area contributed by atoms with E-state index in [-0.39, 0.29) is 11.7 Å². The number of primary amides is 1. The number of nitrogens with two attached hydrogens (primary N) is 1. The van der Waals surface area contributed by atoms with Gasteiger partial charge in [0.1, 0.15) is 21.2 Å². The van der Waals surface area contributed by atoms with E-state index in [0.29, 0.717) is 16.5 Å². The number of thiophene rings is 2. The molecule has 2 aliphatic carbocycles. The second kappa shape index (κ2) is 7.94. The Kier molecular flexibility index (Phi) is 5.28. The monoisotopic (exact) mass is 458 g/mol. The van der Waals surface area contributed by atoms with E-state index in [2.05, 4.69) is 22.2 Å². The Morgan fingerprint density at radius 1 is 1.20 bits per heavy atom. The van der Waals surface area contributed by atoms with Gasteiger partial charge in [0.2, 0.25) is 5.91 Å². The molecule has 3 aromatic rings. The van der Waals surface area contributed by atoms with E-state index in [9.17, 15) is 9.59 Å². The molecule has 0 spiro atoms. The molecule has 1 unspecified atom stereocenters. The maximum absolute atomic E-state index is 12.7. The minimum atomic E-state index is -0.462. The molecule has 30 heavy (non-hydrogen) atoms. The number of fused-ring (bicyclic) bond motifs is 4. The minimum Gasteiger partial charge on any atom is -0.365 e. The molecular weight excluding hydrogens is 436 g/mol. The lowest BCUT2D eigenvalue weighted by molar-refractivity contribution is -0.113. The van der Waals surface area contributed by atoms with Gasteiger partial charge in [0.25, 0.3) is 5.91 Å². The normalized spacial score (nSPS) is 17.7. The zero-order chi connectivity index (χ0) is 20.8. The molecule has 2 aliphatic rings. The van der Waals surface area contributed by atoms with Crippen molar-refractivity contribution in [1.29, 1.82) is 0 Å². The second-order valence-corrected chi connectivity index (χ2v) is 11.1. The van der Waals surface area contributed by atoms with E-state index in [4.69, 9.17) is 5.73 Å². The van der Waals surface area contributed by atoms with Gasteiger partial charge in [-0.1, -0.05) is 18.7 Å². The van der Waals surface area contributed by atoms with Gasteiger partial charge in [-0.3, -0.25) is 9.59 Å². The Morgan fingerprint density at radius 2 is 2.07 bits per heavy atom. The number of nitrogens with one attached hydrogen (secondary N) is 1. The van der Waals surface area contributed by atoms with E-state index in [0.717, 1.165) is 52.9 Å². The van der Waals surface area contributed by atoms with Crippen LogP contribution >= 0.6 is 34.4 Å². The quantitative estimate of drug-likeness (QED) is 0.441. The van der Waals surface area contributed by atoms with Crippen molar-refractivity contribution in [2.75, 3.05) is 11.1 Å². The number of aryl methyl sites for hydroxylation is 2. The molecule has 9 heteroatoms. The maximum Gasteiger partial charge on any atom is 0.251 e. The minimum absolute atomic E-state index is 0.146. The van der Waals surface area contributed by atoms with Crippen LogP contribution in [-0.4, -0.2) is 27.5 Å². The summed E-state index contributed by atoms with van der Waals surface area (Å²) in [6.45, 7) is 2.21. The predicted octanol–water partition coefficient (Wildman–Crippen LogP) is 4.20. The van der Waals surface area contributed by atoms with Crippen LogP contribution in [0, 0.1) is 5.92 Å². The van der Waals surface area contributed by atoms with Crippen LogP contribution in [0.4, 0.5) is 5.00 Å². The summed E-state index contributed by atoms with van der Waals surface area (Å²) < 4.78 is 0. The van der Waals surface area contributed by atoms with Crippen LogP contribution in [0.25, 0.3) is 10.2 Å². The van der Waals surface area contributed by atoms with Gasteiger partial charge >= 0.3 is 0 Å². The predicted molar refractivity (Wildman–Crippen MR) is 123 cm³/mol. The zero-order valence-corrected chi connectivity index (χ0v) is 19.1. The Bertz CT molecular complexity index is 1170. The van der Waals surface area contributed by atoms with Crippen molar-refractivity contribution in [3.63, 3.8) is 0 Å². The highest BCUT2D eigenvalue weighted by Gasteiger charge is 2.27. The van der Waals surface area contributed by atoms with Crippen LogP contribution in [-0.2, 0) is 30.5 Å². The van der Waals surface area contributed by atoms with E-state index < -0.39 is 5.91 Å². The molecule has 3 N–H and O–H groups in total. The number of carbonyl (C=O) groups is 2. The van der Waals surface area contributed by atoms with Gasteiger partial charge in [0.15, 0.2) is 0 Å². The van der Waals surface area contributed by atoms with E-state index in [1.165, 1.54) is 44.8 Å². The molecule has 0 radical (unpaired) electrons. The lowest BCUT2D eigenvalue weighted by Crippen LogP contribution is -2.20. The summed E-state index contributed by atoms with van der Waals surface area (Å²) >= 11 is 4.67. The maximum atomic E-state index is 12.7. The third-order valence-corrected chi connectivity index (χ3v) is 9.18. The summed E-state index contributed by atoms with van der Waals surface area (Å²) in [5.74, 6) is 0.209. The molecule has 0 saturated carbocycles. The van der Waals surface area contributed by atoms with Gasteiger partial charge in [-0.05, 0) is 55.6 Å². The molecule has 156 valence electrons. The number of rotatable bonds is 5. The number of anilines is 1. The van der Waals surface area contributed by atoms with Crippen LogP contribution in [0.1, 0.15) is 51.0 Å². The third-order valence-electron chi connectivity index (χ3n) is 5.82. The van der Waals surface area contributed by atoms with Crippen molar-refractivity contribution in [3.8, 4) is 0 Å². The molecule has 1 atom stereocenters. The van der Waals surface area contributed by atoms with Crippen molar-refractivity contribution in [2.45, 2.75) is 50.5 Å². The number of amides is 2. The molecule has 0 aliphatic heterocycles. The van der Waals surface area contributed by atoms with E-state index in [1.54, 1.807) is 17.7 Å². The van der Waals surface area contributed by atoms with Gasteiger partial charge in [0, 0.05) is 15.1 Å². The van der Waals surface area contributed by atoms with Crippen molar-refractivity contribution in [1.82, 2.24) is 9.97 Å². The fraction of sp³-hybridized carbons (Fsp3) is 0.429. The first-order valence-electron chi connectivity index (χ1n) is 10.1. The molecule has 3 heterocycles. The molecule has 0 saturated heterocycles. The van der Waals surface area contributed by atoms with Crippen molar-refractivity contribution in [2.24, 2.45) is 11.7 Å². The first-order valence-corrected chi connectivity index (χ1v) is 12.8. The summed E-state index contributed by atoms with van der Waals surface area (Å²) in [5, 5.41) is 5.52. The standard InChI is InChI=1S/C21H22N4O2S3/c1-10-5-6-12-14(7-10)30-21(16(12)18(22)27)25-15(26)8-28-19-17-11-3-2-4-13(11)29-20(17)24-9-23-19/h9-10H,2-8H2,1H3,(H2,22,27)(H,25,26). The smallest absolute Gasteiger partial charge is 0.251 e. The van der Waals surface area contributed by atoms with Gasteiger partial charge in [-0.2, -0.15) is 0 Å². The number of hydrogen-bond acceptors (Lipinski definition) is 7. The Balaban J connectivity index is 1.34. The molecule has 0 fully saturated rings. The molecule has 6 nitrogen and oxygen atoms in total. The summed E-state index contributed by atoms with van der Waals surface area (Å²) in [6.07, 6.45) is 7.75. The Morgan fingerprint density at radius 3 is 2.90 bits per heavy atom. The Labute approximate surface area is 186 Å². The largest absolute Gasteiger partial charge is 0.365 e. The van der Waals surface area contributed by atoms with Crippen LogP contribution in [0.3, 0.4) is 0 Å². The number of nitrogens with zero attached hydrogens (tertiary/aromatic N) is 2. The summed E-state index contributed by atoms with van der Waals surface area (Å²) in [5.41, 5.74) is 8.54. The van der Waals surface area contributed by atoms with Crippen LogP contribution in [0.15, 0.2) is 11.4 Å². The highest BCUT2D eigenvalue weighted by atomic mass is 32.2. The zero-order valence-electron chi connectivity index (χ0n) is 16.6. The lowest BCUT2D eigenvalue weighted by Gasteiger charge is -2.18. The van der Waals surface area contributed by atoms with Gasteiger partial charge in [0.05, 0.1) is 11.3 Å². The SMILES string of the molecule is CC1CCc2c(sc(NC(=O)CSc3ncnc4sc5c(c34)CCC5)c2C(N)=O)C1. The van der Waals surface area contributed by atoms with Gasteiger partial charge < -0.3 is 11.1 Å². The summed E-state index contributed by atoms with van der Waals surface area (Å²) in [4.78, 5) is 37.3. The number of hydrogen-bond donors (Lipinski definition) is 2. The van der Waals surface area contributed by atoms with Crippen LogP contribution in [0.2, 0.25) is 0 Å². The molecular formula is C21H22N4O2S3. The van der Waals surface area contributed by atoms with Crippen LogP contribution in [0.5, 0.6) is 0 Å². The summed E-state index contributed by atoms with van der Waals surface area (Å²) in [6, 6.07) is 0. The summed E-state index contributed by atoms with van der Waals surface area (Å²) in [7, 11) is 0. The Hall–Kier alpha value is -1.97. The molecule has 2 amide bonds. The molecule has 0 aromatic carbocycles. The lowest BCUT2D eigenvalue weighted by atomic mass is 9.88. The first kappa shape index (κ1) is 20.0. The van der Waals surface area contributed by atoms with Gasteiger partial charge in [-0.15, -0.1) is 22.7 Å². The van der Waals surface area contributed by atoms with Gasteiger partial charge in [-0.25, -0.2) is 9.97 Å². The number of carbonyl (C=O) groups excluding carboxylic acids is 2. The second-order valence-electron chi connectivity index (χ2n) is 7.97. The topological polar surface area (TPSA) is 98.0 Å². The molecule has 0 bridgehead atoms. The fourth-order valence-corrected chi connectivity index (χ4v) is 7.96. The highest BCUT2D eigenvalue weighted by molar-refractivity contribution is 8.00. The average Bonchev–Trinajstić information content (AvgIpc) is 3.38. The highest BCUT2D eigenvalue weighted by Crippen LogP contribution is 2.41. The van der Waals surface area contributed by atoms with Crippen molar-refractivity contribution >= 4 is 61.5 Å². The molecule has 3 aromatic heterocycles. The first-order chi connectivity index (χ1) is 14.5. The average molecular weight is 459 g/mol. The van der Waals surface area contributed by atoms with Crippen molar-refractivity contribution < 1.29 is 9.59 Å². The number of thioether (sulfide) groups is 1.